The fourth-order valence-electron chi connectivity index (χ4n) is 8.42. The predicted molar refractivity (Wildman–Crippen MR) is 269 cm³/mol. The van der Waals surface area contributed by atoms with Gasteiger partial charge >= 0.3 is 41.5 Å². The Balaban J connectivity index is 0.0000410. The van der Waals surface area contributed by atoms with Crippen LogP contribution in [0, 0.1) is 0 Å². The van der Waals surface area contributed by atoms with E-state index in [1.807, 2.05) is 0 Å². The van der Waals surface area contributed by atoms with Gasteiger partial charge < -0.3 is 14.0 Å². The molecule has 0 heterocycles. The van der Waals surface area contributed by atoms with Gasteiger partial charge in [0.25, 0.3) is 0 Å². The molecule has 370 valence electrons. The molecule has 0 spiro atoms. The summed E-state index contributed by atoms with van der Waals surface area (Å²) < 4.78 is 47.0. The first kappa shape index (κ1) is 63.5. The van der Waals surface area contributed by atoms with Gasteiger partial charge in [-0.3, -0.25) is 0 Å². The molecule has 1 aromatic carbocycles. The molecule has 0 fully saturated rings. The summed E-state index contributed by atoms with van der Waals surface area (Å²) >= 11 is 0. The molecule has 0 amide bonds. The van der Waals surface area contributed by atoms with E-state index >= 15 is 0 Å². The zero-order valence-electron chi connectivity index (χ0n) is 42.5. The molecule has 1 aromatic rings. The Bertz CT molecular complexity index is 1410. The maximum absolute atomic E-state index is 13.1. The van der Waals surface area contributed by atoms with Crippen molar-refractivity contribution in [2.45, 2.75) is 276 Å². The summed E-state index contributed by atoms with van der Waals surface area (Å²) in [6, 6.07) is 3.65. The van der Waals surface area contributed by atoms with Gasteiger partial charge in [-0.1, -0.05) is 237 Å². The first-order chi connectivity index (χ1) is 31.3. The Kier molecular flexibility index (Phi) is 46.5. The molecule has 0 saturated carbocycles. The van der Waals surface area contributed by atoms with Crippen LogP contribution in [0.25, 0.3) is 0 Å². The number of esters is 2. The van der Waals surface area contributed by atoms with Crippen molar-refractivity contribution in [1.29, 1.82) is 0 Å². The molecular formula is C56H97NaO7S. The number of allylic oxidation sites excluding steroid dienone is 4. The maximum atomic E-state index is 13.1. The van der Waals surface area contributed by atoms with E-state index in [0.29, 0.717) is 12.8 Å². The summed E-state index contributed by atoms with van der Waals surface area (Å²) in [4.78, 5) is 25.4. The summed E-state index contributed by atoms with van der Waals surface area (Å²) in [5.41, 5.74) is -0.770. The van der Waals surface area contributed by atoms with Crippen LogP contribution in [0.2, 0.25) is 0 Å². The van der Waals surface area contributed by atoms with E-state index < -0.39 is 32.5 Å². The standard InChI is InChI=1S/C56H98O7S.Na/c1-3-5-7-9-11-13-15-17-19-21-23-25-27-29-31-33-35-37-39-41-43-45-50-62-55(57)52-48-47-49-53(64(59,60)61)54(52)56(58)63-51-46-44-42-40-38-36-34-32-30-28-26-24-22-20-18-16-14-12-10-8-6-4-2;/h17-20,47-49H,3-16,21-46,50-51H2,1-2H3,(H,59,60,61);/q;+1/p-1/b19-17+,20-18+;. The molecule has 0 aromatic heterocycles. The largest absolute Gasteiger partial charge is 1.00 e. The average molecular weight is 937 g/mol. The van der Waals surface area contributed by atoms with Crippen LogP contribution in [0.4, 0.5) is 0 Å². The summed E-state index contributed by atoms with van der Waals surface area (Å²) in [7, 11) is -5.02. The predicted octanol–water partition coefficient (Wildman–Crippen LogP) is 14.7. The molecule has 1 rings (SSSR count). The molecule has 7 nitrogen and oxygen atoms in total. The van der Waals surface area contributed by atoms with Crippen molar-refractivity contribution in [2.24, 2.45) is 0 Å². The number of unbranched alkanes of at least 4 members (excludes halogenated alkanes) is 36. The Morgan fingerprint density at radius 3 is 1.02 bits per heavy atom. The molecule has 0 aliphatic rings. The van der Waals surface area contributed by atoms with E-state index in [-0.39, 0.29) is 48.3 Å². The van der Waals surface area contributed by atoms with Gasteiger partial charge in [-0.25, -0.2) is 18.0 Å². The van der Waals surface area contributed by atoms with Crippen molar-refractivity contribution in [1.82, 2.24) is 0 Å². The molecule has 9 heteroatoms. The van der Waals surface area contributed by atoms with Crippen molar-refractivity contribution in [3.05, 3.63) is 53.6 Å². The number of hydrogen-bond acceptors (Lipinski definition) is 7. The van der Waals surface area contributed by atoms with Gasteiger partial charge in [0.2, 0.25) is 0 Å². The monoisotopic (exact) mass is 937 g/mol. The summed E-state index contributed by atoms with van der Waals surface area (Å²) in [6.07, 6.45) is 59.0. The van der Waals surface area contributed by atoms with Crippen LogP contribution in [-0.4, -0.2) is 38.1 Å². The van der Waals surface area contributed by atoms with Crippen LogP contribution in [0.15, 0.2) is 47.4 Å². The van der Waals surface area contributed by atoms with Crippen LogP contribution in [-0.2, 0) is 19.6 Å². The van der Waals surface area contributed by atoms with Crippen LogP contribution in [0.5, 0.6) is 0 Å². The van der Waals surface area contributed by atoms with Gasteiger partial charge in [-0.2, -0.15) is 0 Å². The molecule has 0 bridgehead atoms. The molecule has 0 radical (unpaired) electrons. The fraction of sp³-hybridized carbons (Fsp3) is 0.786. The summed E-state index contributed by atoms with van der Waals surface area (Å²) in [5, 5.41) is 0. The van der Waals surface area contributed by atoms with E-state index in [0.717, 1.165) is 44.6 Å². The second-order valence-corrected chi connectivity index (χ2v) is 19.9. The van der Waals surface area contributed by atoms with E-state index in [2.05, 4.69) is 38.2 Å². The topological polar surface area (TPSA) is 110 Å². The maximum Gasteiger partial charge on any atom is 1.00 e. The fourth-order valence-corrected chi connectivity index (χ4v) is 9.11. The van der Waals surface area contributed by atoms with Gasteiger partial charge in [0.05, 0.1) is 29.2 Å². The minimum Gasteiger partial charge on any atom is -0.744 e. The first-order valence-corrected chi connectivity index (χ1v) is 28.5. The van der Waals surface area contributed by atoms with Gasteiger partial charge in [0.15, 0.2) is 0 Å². The third-order valence-corrected chi connectivity index (χ3v) is 13.4. The molecule has 0 saturated heterocycles. The van der Waals surface area contributed by atoms with Crippen molar-refractivity contribution in [3.8, 4) is 0 Å². The van der Waals surface area contributed by atoms with E-state index in [9.17, 15) is 22.6 Å². The SMILES string of the molecule is CCCCCCCC/C=C/CCCCCCCCCCCCCCOC(=O)c1cccc(S(=O)(=O)[O-])c1C(=O)OCCCCCCCCCCCCCC/C=C/CCCCCCCC.[Na+]. The Hall–Kier alpha value is -1.45. The smallest absolute Gasteiger partial charge is 0.744 e. The van der Waals surface area contributed by atoms with E-state index in [1.165, 1.54) is 218 Å². The average Bonchev–Trinajstić information content (AvgIpc) is 3.28. The number of carbonyl (C=O) groups excluding carboxylic acids is 2. The number of rotatable bonds is 47. The summed E-state index contributed by atoms with van der Waals surface area (Å²) in [6.45, 7) is 4.79. The van der Waals surface area contributed by atoms with Crippen LogP contribution in [0.1, 0.15) is 291 Å². The minimum atomic E-state index is -5.02. The zero-order valence-corrected chi connectivity index (χ0v) is 45.3. The number of hydrogen-bond donors (Lipinski definition) is 0. The van der Waals surface area contributed by atoms with E-state index in [4.69, 9.17) is 9.47 Å². The molecule has 0 aliphatic heterocycles. The van der Waals surface area contributed by atoms with Gasteiger partial charge in [0, 0.05) is 0 Å². The minimum absolute atomic E-state index is 0. The molecule has 65 heavy (non-hydrogen) atoms. The number of carbonyl (C=O) groups is 2. The quantitative estimate of drug-likeness (QED) is 0.0210. The third-order valence-electron chi connectivity index (χ3n) is 12.5. The van der Waals surface area contributed by atoms with E-state index in [1.54, 1.807) is 0 Å². The number of benzene rings is 1. The van der Waals surface area contributed by atoms with Gasteiger partial charge in [0.1, 0.15) is 10.1 Å². The first-order valence-electron chi connectivity index (χ1n) is 27.1. The Labute approximate surface area is 423 Å². The molecule has 0 unspecified atom stereocenters. The third kappa shape index (κ3) is 39.1. The zero-order chi connectivity index (χ0) is 46.4. The van der Waals surface area contributed by atoms with Gasteiger partial charge in [-0.05, 0) is 76.3 Å². The Morgan fingerprint density at radius 2 is 0.708 bits per heavy atom. The Morgan fingerprint density at radius 1 is 0.431 bits per heavy atom. The molecule has 0 N–H and O–H groups in total. The van der Waals surface area contributed by atoms with Crippen LogP contribution < -0.4 is 29.6 Å². The van der Waals surface area contributed by atoms with Crippen molar-refractivity contribution < 1.29 is 61.6 Å². The summed E-state index contributed by atoms with van der Waals surface area (Å²) in [5.74, 6) is -1.80. The molecule has 0 aliphatic carbocycles. The second-order valence-electron chi connectivity index (χ2n) is 18.5. The van der Waals surface area contributed by atoms with Crippen molar-refractivity contribution >= 4 is 22.1 Å². The van der Waals surface area contributed by atoms with Crippen LogP contribution >= 0.6 is 0 Å². The molecular weight excluding hydrogens is 840 g/mol. The van der Waals surface area contributed by atoms with Gasteiger partial charge in [-0.15, -0.1) is 0 Å². The van der Waals surface area contributed by atoms with Crippen molar-refractivity contribution in [3.63, 3.8) is 0 Å². The second kappa shape index (κ2) is 47.6. The number of ether oxygens (including phenoxy) is 2. The molecule has 0 atom stereocenters. The van der Waals surface area contributed by atoms with Crippen LogP contribution in [0.3, 0.4) is 0 Å². The normalized spacial score (nSPS) is 11.7. The van der Waals surface area contributed by atoms with Crippen molar-refractivity contribution in [2.75, 3.05) is 13.2 Å².